The van der Waals surface area contributed by atoms with Crippen molar-refractivity contribution in [3.63, 3.8) is 0 Å². The van der Waals surface area contributed by atoms with Crippen LogP contribution in [0.15, 0.2) is 72.9 Å². The Kier molecular flexibility index (Phi) is 15.8. The van der Waals surface area contributed by atoms with E-state index < -0.39 is 24.3 Å². The average Bonchev–Trinajstić information content (AvgIpc) is 2.63. The molecule has 5 heteroatoms. The fraction of sp³-hybridized carbons (Fsp3) is 0.409. The maximum absolute atomic E-state index is 10.4. The lowest BCUT2D eigenvalue weighted by atomic mass is 10.1. The van der Waals surface area contributed by atoms with E-state index in [4.69, 9.17) is 5.11 Å². The van der Waals surface area contributed by atoms with E-state index in [0.29, 0.717) is 12.8 Å². The minimum absolute atomic E-state index is 0.0530. The van der Waals surface area contributed by atoms with Crippen LogP contribution in [0.25, 0.3) is 0 Å². The third-order valence-electron chi connectivity index (χ3n) is 3.44. The van der Waals surface area contributed by atoms with Crippen molar-refractivity contribution in [1.29, 1.82) is 0 Å². The molecule has 0 fully saturated rings. The number of hydrogen-bond donors (Lipinski definition) is 4. The zero-order valence-corrected chi connectivity index (χ0v) is 15.9. The van der Waals surface area contributed by atoms with E-state index in [2.05, 4.69) is 0 Å². The lowest BCUT2D eigenvalue weighted by Gasteiger charge is -2.11. The molecule has 0 aromatic heterocycles. The second-order valence-electron chi connectivity index (χ2n) is 5.92. The maximum atomic E-state index is 10.4. The summed E-state index contributed by atoms with van der Waals surface area (Å²) in [4.78, 5) is 10.4. The Bertz CT molecular complexity index is 555. The Balaban J connectivity index is 4.06. The van der Waals surface area contributed by atoms with E-state index in [1.54, 1.807) is 54.7 Å². The number of carboxylic acid groups (broad SMARTS) is 1. The fourth-order valence-corrected chi connectivity index (χ4v) is 1.94. The van der Waals surface area contributed by atoms with Crippen LogP contribution in [0.2, 0.25) is 0 Å². The summed E-state index contributed by atoms with van der Waals surface area (Å²) in [5, 5.41) is 37.7. The van der Waals surface area contributed by atoms with Gasteiger partial charge in [0.15, 0.2) is 0 Å². The minimum atomic E-state index is -0.992. The van der Waals surface area contributed by atoms with Gasteiger partial charge in [-0.2, -0.15) is 0 Å². The van der Waals surface area contributed by atoms with Crippen molar-refractivity contribution in [3.8, 4) is 0 Å². The summed E-state index contributed by atoms with van der Waals surface area (Å²) < 4.78 is 0. The molecule has 0 aromatic rings. The van der Waals surface area contributed by atoms with Gasteiger partial charge in [0.1, 0.15) is 0 Å². The Morgan fingerprint density at radius 2 is 1.41 bits per heavy atom. The van der Waals surface area contributed by atoms with Crippen molar-refractivity contribution >= 4 is 5.97 Å². The van der Waals surface area contributed by atoms with Gasteiger partial charge in [-0.15, -0.1) is 0 Å². The molecular weight excluding hydrogens is 344 g/mol. The number of hydrogen-bond acceptors (Lipinski definition) is 4. The molecule has 0 saturated carbocycles. The number of aliphatic hydroxyl groups excluding tert-OH is 3. The Hall–Kier alpha value is -2.21. The Morgan fingerprint density at radius 3 is 2.04 bits per heavy atom. The van der Waals surface area contributed by atoms with Gasteiger partial charge in [-0.1, -0.05) is 79.8 Å². The first-order chi connectivity index (χ1) is 13.0. The normalized spacial score (nSPS) is 16.6. The first-order valence-electron chi connectivity index (χ1n) is 9.21. The highest BCUT2D eigenvalue weighted by Crippen LogP contribution is 2.03. The zero-order chi connectivity index (χ0) is 20.3. The summed E-state index contributed by atoms with van der Waals surface area (Å²) in [6.07, 6.45) is 20.9. The SMILES string of the molecule is CC/C=C/CC(O)/C=C/C=C/C=C/C=C/C(O)C(O)C/C=C/CCC(=O)O. The van der Waals surface area contributed by atoms with E-state index in [1.165, 1.54) is 6.08 Å². The molecule has 0 bridgehead atoms. The van der Waals surface area contributed by atoms with Crippen LogP contribution in [0.3, 0.4) is 0 Å². The summed E-state index contributed by atoms with van der Waals surface area (Å²) in [5.41, 5.74) is 0. The second-order valence-corrected chi connectivity index (χ2v) is 5.92. The monoisotopic (exact) mass is 376 g/mol. The molecular formula is C22H32O5. The summed E-state index contributed by atoms with van der Waals surface area (Å²) >= 11 is 0. The van der Waals surface area contributed by atoms with Gasteiger partial charge in [0.2, 0.25) is 0 Å². The first-order valence-corrected chi connectivity index (χ1v) is 9.21. The summed E-state index contributed by atoms with van der Waals surface area (Å²) in [7, 11) is 0. The van der Waals surface area contributed by atoms with Crippen LogP contribution in [0.5, 0.6) is 0 Å². The van der Waals surface area contributed by atoms with Crippen LogP contribution in [0.4, 0.5) is 0 Å². The van der Waals surface area contributed by atoms with Crippen molar-refractivity contribution in [2.75, 3.05) is 0 Å². The van der Waals surface area contributed by atoms with Gasteiger partial charge in [0.25, 0.3) is 0 Å². The zero-order valence-electron chi connectivity index (χ0n) is 15.9. The van der Waals surface area contributed by atoms with Crippen LogP contribution in [-0.4, -0.2) is 44.7 Å². The van der Waals surface area contributed by atoms with Crippen molar-refractivity contribution in [3.05, 3.63) is 72.9 Å². The van der Waals surface area contributed by atoms with Crippen LogP contribution in [0, 0.1) is 0 Å². The average molecular weight is 376 g/mol. The quantitative estimate of drug-likeness (QED) is 0.275. The Morgan fingerprint density at radius 1 is 0.815 bits per heavy atom. The van der Waals surface area contributed by atoms with Gasteiger partial charge >= 0.3 is 5.97 Å². The number of carboxylic acids is 1. The van der Waals surface area contributed by atoms with Gasteiger partial charge in [-0.05, 0) is 25.7 Å². The molecule has 0 aliphatic rings. The second kappa shape index (κ2) is 17.2. The third-order valence-corrected chi connectivity index (χ3v) is 3.44. The van der Waals surface area contributed by atoms with Crippen molar-refractivity contribution < 1.29 is 25.2 Å². The molecule has 0 heterocycles. The van der Waals surface area contributed by atoms with Crippen molar-refractivity contribution in [2.45, 2.75) is 57.3 Å². The number of aliphatic carboxylic acids is 1. The summed E-state index contributed by atoms with van der Waals surface area (Å²) in [5.74, 6) is -0.861. The predicted octanol–water partition coefficient (Wildman–Crippen LogP) is 3.46. The highest BCUT2D eigenvalue weighted by molar-refractivity contribution is 5.66. The lowest BCUT2D eigenvalue weighted by Crippen LogP contribution is -2.22. The maximum Gasteiger partial charge on any atom is 0.303 e. The molecule has 0 saturated heterocycles. The van der Waals surface area contributed by atoms with Gasteiger partial charge in [0, 0.05) is 6.42 Å². The van der Waals surface area contributed by atoms with Gasteiger partial charge in [-0.3, -0.25) is 4.79 Å². The van der Waals surface area contributed by atoms with Gasteiger partial charge < -0.3 is 20.4 Å². The lowest BCUT2D eigenvalue weighted by molar-refractivity contribution is -0.136. The van der Waals surface area contributed by atoms with E-state index in [9.17, 15) is 20.1 Å². The largest absolute Gasteiger partial charge is 0.481 e. The molecule has 0 aliphatic heterocycles. The molecule has 0 rings (SSSR count). The van der Waals surface area contributed by atoms with Crippen LogP contribution < -0.4 is 0 Å². The van der Waals surface area contributed by atoms with E-state index in [0.717, 1.165) is 6.42 Å². The molecule has 0 aromatic carbocycles. The highest BCUT2D eigenvalue weighted by atomic mass is 16.4. The number of carbonyl (C=O) groups is 1. The molecule has 3 unspecified atom stereocenters. The minimum Gasteiger partial charge on any atom is -0.481 e. The smallest absolute Gasteiger partial charge is 0.303 e. The number of aliphatic hydroxyl groups is 3. The van der Waals surface area contributed by atoms with Gasteiger partial charge in [-0.25, -0.2) is 0 Å². The van der Waals surface area contributed by atoms with E-state index >= 15 is 0 Å². The molecule has 150 valence electrons. The summed E-state index contributed by atoms with van der Waals surface area (Å²) in [6.45, 7) is 2.05. The first kappa shape index (κ1) is 24.8. The van der Waals surface area contributed by atoms with Crippen LogP contribution in [-0.2, 0) is 4.79 Å². The van der Waals surface area contributed by atoms with Crippen molar-refractivity contribution in [2.24, 2.45) is 0 Å². The number of rotatable bonds is 14. The standard InChI is InChI=1S/C22H32O5/c1-2-3-9-14-19(23)15-10-6-4-5-7-11-16-20(24)21(25)17-12-8-13-18-22(26)27/h3-12,15-16,19-21,23-25H,2,13-14,17-18H2,1H3,(H,26,27)/b6-4+,7-5+,9-3+,12-8+,15-10+,16-11+. The van der Waals surface area contributed by atoms with Crippen molar-refractivity contribution in [1.82, 2.24) is 0 Å². The molecule has 3 atom stereocenters. The molecule has 27 heavy (non-hydrogen) atoms. The van der Waals surface area contributed by atoms with Gasteiger partial charge in [0.05, 0.1) is 18.3 Å². The predicted molar refractivity (Wildman–Crippen MR) is 109 cm³/mol. The van der Waals surface area contributed by atoms with Crippen LogP contribution in [0.1, 0.15) is 39.0 Å². The van der Waals surface area contributed by atoms with E-state index in [1.807, 2.05) is 19.1 Å². The number of allylic oxidation sites excluding steroid dienone is 8. The molecule has 4 N–H and O–H groups in total. The topological polar surface area (TPSA) is 98.0 Å². The molecule has 5 nitrogen and oxygen atoms in total. The molecule has 0 spiro atoms. The van der Waals surface area contributed by atoms with E-state index in [-0.39, 0.29) is 12.8 Å². The molecule has 0 radical (unpaired) electrons. The van der Waals surface area contributed by atoms with Crippen LogP contribution >= 0.6 is 0 Å². The molecule has 0 aliphatic carbocycles. The molecule has 0 amide bonds. The fourth-order valence-electron chi connectivity index (χ4n) is 1.94. The highest BCUT2D eigenvalue weighted by Gasteiger charge is 2.10. The summed E-state index contributed by atoms with van der Waals surface area (Å²) in [6, 6.07) is 0. The third kappa shape index (κ3) is 17.0. The Labute approximate surface area is 162 Å².